The smallest absolute Gasteiger partial charge is 0.334 e. The summed E-state index contributed by atoms with van der Waals surface area (Å²) in [5, 5.41) is 10.8. The molecule has 0 aliphatic carbocycles. The second-order valence-electron chi connectivity index (χ2n) is 7.93. The summed E-state index contributed by atoms with van der Waals surface area (Å²) in [4.78, 5) is 35.4. The maximum absolute atomic E-state index is 12.4. The van der Waals surface area contributed by atoms with Gasteiger partial charge in [0.2, 0.25) is 5.79 Å². The molecular formula is C22H26O8. The summed E-state index contributed by atoms with van der Waals surface area (Å²) in [5.41, 5.74) is -0.231. The fraction of sp³-hybridized carbons (Fsp3) is 0.500. The number of rotatable bonds is 5. The second kappa shape index (κ2) is 8.20. The predicted octanol–water partition coefficient (Wildman–Crippen LogP) is 1.89. The molecule has 0 amide bonds. The largest absolute Gasteiger partial charge is 0.462 e. The average molecular weight is 418 g/mol. The quantitative estimate of drug-likeness (QED) is 0.312. The van der Waals surface area contributed by atoms with Crippen molar-refractivity contribution in [2.45, 2.75) is 57.2 Å². The molecule has 0 saturated carbocycles. The van der Waals surface area contributed by atoms with Gasteiger partial charge in [-0.05, 0) is 31.6 Å². The van der Waals surface area contributed by atoms with Crippen LogP contribution in [0.25, 0.3) is 0 Å². The van der Waals surface area contributed by atoms with E-state index >= 15 is 0 Å². The van der Waals surface area contributed by atoms with E-state index in [0.29, 0.717) is 5.57 Å². The molecular weight excluding hydrogens is 392 g/mol. The molecule has 0 aromatic rings. The monoisotopic (exact) mass is 418 g/mol. The van der Waals surface area contributed by atoms with Crippen molar-refractivity contribution in [1.82, 2.24) is 0 Å². The van der Waals surface area contributed by atoms with E-state index in [-0.39, 0.29) is 25.0 Å². The Morgan fingerprint density at radius 3 is 2.80 bits per heavy atom. The van der Waals surface area contributed by atoms with Crippen LogP contribution in [-0.2, 0) is 33.3 Å². The lowest BCUT2D eigenvalue weighted by Gasteiger charge is -2.33. The minimum Gasteiger partial charge on any atom is -0.462 e. The van der Waals surface area contributed by atoms with Crippen molar-refractivity contribution in [3.05, 3.63) is 48.1 Å². The van der Waals surface area contributed by atoms with E-state index in [0.717, 1.165) is 0 Å². The number of carbonyl (C=O) groups excluding carboxylic acids is 3. The van der Waals surface area contributed by atoms with Gasteiger partial charge in [0.05, 0.1) is 17.9 Å². The van der Waals surface area contributed by atoms with E-state index in [9.17, 15) is 19.5 Å². The highest BCUT2D eigenvalue weighted by molar-refractivity contribution is 5.91. The summed E-state index contributed by atoms with van der Waals surface area (Å²) >= 11 is 0. The first-order valence-electron chi connectivity index (χ1n) is 9.72. The third kappa shape index (κ3) is 4.55. The topological polar surface area (TPSA) is 108 Å². The first-order chi connectivity index (χ1) is 14.0. The maximum atomic E-state index is 12.4. The van der Waals surface area contributed by atoms with Gasteiger partial charge in [0.15, 0.2) is 0 Å². The molecule has 8 nitrogen and oxygen atoms in total. The zero-order valence-corrected chi connectivity index (χ0v) is 17.3. The summed E-state index contributed by atoms with van der Waals surface area (Å²) in [5.74, 6) is -3.71. The average Bonchev–Trinajstić information content (AvgIpc) is 3.11. The van der Waals surface area contributed by atoms with E-state index in [4.69, 9.17) is 18.9 Å². The molecule has 1 unspecified atom stereocenters. The van der Waals surface area contributed by atoms with Gasteiger partial charge in [-0.2, -0.15) is 0 Å². The van der Waals surface area contributed by atoms with Gasteiger partial charge in [0, 0.05) is 18.9 Å². The number of hydrogen-bond acceptors (Lipinski definition) is 8. The highest BCUT2D eigenvalue weighted by Gasteiger charge is 2.51. The van der Waals surface area contributed by atoms with Crippen LogP contribution >= 0.6 is 0 Å². The van der Waals surface area contributed by atoms with Crippen LogP contribution in [0.2, 0.25) is 0 Å². The zero-order valence-electron chi connectivity index (χ0n) is 17.3. The first kappa shape index (κ1) is 22.0. The van der Waals surface area contributed by atoms with Crippen molar-refractivity contribution in [2.75, 3.05) is 6.61 Å². The van der Waals surface area contributed by atoms with Gasteiger partial charge in [-0.1, -0.05) is 24.8 Å². The Morgan fingerprint density at radius 2 is 2.10 bits per heavy atom. The molecule has 1 fully saturated rings. The number of aliphatic hydroxyl groups is 1. The molecule has 0 aromatic carbocycles. The van der Waals surface area contributed by atoms with Crippen LogP contribution in [0.5, 0.6) is 0 Å². The van der Waals surface area contributed by atoms with Gasteiger partial charge >= 0.3 is 17.9 Å². The Balaban J connectivity index is 1.80. The highest BCUT2D eigenvalue weighted by Crippen LogP contribution is 2.44. The Kier molecular flexibility index (Phi) is 6.01. The Bertz CT molecular complexity index is 853. The van der Waals surface area contributed by atoms with Crippen molar-refractivity contribution < 1.29 is 38.4 Å². The Morgan fingerprint density at radius 1 is 1.37 bits per heavy atom. The lowest BCUT2D eigenvalue weighted by atomic mass is 9.83. The summed E-state index contributed by atoms with van der Waals surface area (Å²) in [6, 6.07) is 0. The van der Waals surface area contributed by atoms with Crippen molar-refractivity contribution in [1.29, 1.82) is 0 Å². The molecule has 0 spiro atoms. The van der Waals surface area contributed by atoms with Gasteiger partial charge in [-0.25, -0.2) is 4.79 Å². The molecule has 2 bridgehead atoms. The third-order valence-corrected chi connectivity index (χ3v) is 5.42. The molecule has 3 aliphatic heterocycles. The van der Waals surface area contributed by atoms with Crippen molar-refractivity contribution >= 4 is 17.9 Å². The van der Waals surface area contributed by atoms with Gasteiger partial charge < -0.3 is 24.1 Å². The van der Waals surface area contributed by atoms with Crippen LogP contribution in [0.4, 0.5) is 0 Å². The van der Waals surface area contributed by atoms with Crippen LogP contribution in [0.3, 0.4) is 0 Å². The van der Waals surface area contributed by atoms with E-state index in [1.165, 1.54) is 6.92 Å². The van der Waals surface area contributed by atoms with Crippen molar-refractivity contribution in [3.8, 4) is 0 Å². The van der Waals surface area contributed by atoms with Gasteiger partial charge in [0.1, 0.15) is 18.8 Å². The number of esters is 3. The molecule has 1 N–H and O–H groups in total. The van der Waals surface area contributed by atoms with Crippen LogP contribution in [0.1, 0.15) is 33.6 Å². The molecule has 3 aliphatic rings. The minimum atomic E-state index is -1.62. The van der Waals surface area contributed by atoms with Crippen LogP contribution in [0.15, 0.2) is 48.1 Å². The van der Waals surface area contributed by atoms with Crippen molar-refractivity contribution in [3.63, 3.8) is 0 Å². The van der Waals surface area contributed by atoms with Crippen LogP contribution in [0, 0.1) is 5.92 Å². The highest BCUT2D eigenvalue weighted by atomic mass is 16.6. The normalized spacial score (nSPS) is 36.9. The summed E-state index contributed by atoms with van der Waals surface area (Å²) in [6.45, 7) is 8.65. The number of carbonyl (C=O) groups is 3. The van der Waals surface area contributed by atoms with E-state index < -0.39 is 47.4 Å². The number of fused-ring (bicyclic) bond motifs is 3. The fourth-order valence-electron chi connectivity index (χ4n) is 3.85. The number of ether oxygens (including phenoxy) is 4. The molecule has 162 valence electrons. The van der Waals surface area contributed by atoms with E-state index in [1.54, 1.807) is 44.2 Å². The van der Waals surface area contributed by atoms with Crippen LogP contribution in [-0.4, -0.2) is 53.2 Å². The van der Waals surface area contributed by atoms with Gasteiger partial charge in [0.25, 0.3) is 0 Å². The van der Waals surface area contributed by atoms with E-state index in [1.807, 2.05) is 0 Å². The van der Waals surface area contributed by atoms with E-state index in [2.05, 4.69) is 6.58 Å². The molecule has 3 rings (SSSR count). The molecule has 8 heteroatoms. The van der Waals surface area contributed by atoms with Gasteiger partial charge in [-0.15, -0.1) is 0 Å². The molecule has 0 radical (unpaired) electrons. The van der Waals surface area contributed by atoms with Gasteiger partial charge in [-0.3, -0.25) is 9.59 Å². The third-order valence-electron chi connectivity index (χ3n) is 5.42. The minimum absolute atomic E-state index is 0.0390. The zero-order chi connectivity index (χ0) is 22.1. The second-order valence-corrected chi connectivity index (χ2v) is 7.93. The molecule has 3 heterocycles. The molecule has 1 saturated heterocycles. The van der Waals surface area contributed by atoms with Crippen molar-refractivity contribution in [2.24, 2.45) is 5.92 Å². The fourth-order valence-corrected chi connectivity index (χ4v) is 3.85. The summed E-state index contributed by atoms with van der Waals surface area (Å²) in [6.07, 6.45) is 6.64. The lowest BCUT2D eigenvalue weighted by Crippen LogP contribution is -2.40. The molecule has 5 atom stereocenters. The Hall–Kier alpha value is -2.71. The SMILES string of the molecule is C=C1C(=O)OC2/C=C(/C)[C@]3(O)C=C[C@](C)(C[C@@H](OC(=O)C/C=C/COC(C)=O)[C@@H]12)O3. The molecule has 30 heavy (non-hydrogen) atoms. The Labute approximate surface area is 174 Å². The lowest BCUT2D eigenvalue weighted by molar-refractivity contribution is -0.189. The summed E-state index contributed by atoms with van der Waals surface area (Å²) < 4.78 is 21.8. The maximum Gasteiger partial charge on any atom is 0.334 e. The number of hydrogen-bond donors (Lipinski definition) is 1. The standard InChI is InChI=1S/C22H26O8/c1-13-11-16-19(14(2)20(25)29-16)17(12-21(4)8-9-22(13,26)30-21)28-18(24)7-5-6-10-27-15(3)23/h5-6,8-9,11,16-17,19,26H,2,7,10,12H2,1,3-4H3/b6-5+,13-11-/t16?,17-,19+,21-,22+/m1/s1. The van der Waals surface area contributed by atoms with Crippen LogP contribution < -0.4 is 0 Å². The summed E-state index contributed by atoms with van der Waals surface area (Å²) in [7, 11) is 0. The first-order valence-corrected chi connectivity index (χ1v) is 9.72. The molecule has 0 aromatic heterocycles. The predicted molar refractivity (Wildman–Crippen MR) is 105 cm³/mol.